The van der Waals surface area contributed by atoms with Crippen molar-refractivity contribution >= 4 is 5.78 Å². The molecule has 0 N–H and O–H groups in total. The Kier molecular flexibility index (Phi) is 6.58. The molecule has 0 aliphatic rings. The molecule has 0 unspecified atom stereocenters. The van der Waals surface area contributed by atoms with E-state index in [4.69, 9.17) is 4.74 Å². The second kappa shape index (κ2) is 7.33. The predicted octanol–water partition coefficient (Wildman–Crippen LogP) is 1.73. The Labute approximate surface area is 79.3 Å². The third kappa shape index (κ3) is 7.04. The molecule has 2 nitrogen and oxygen atoms in total. The van der Waals surface area contributed by atoms with Gasteiger partial charge in [0.2, 0.25) is 5.78 Å². The standard InChI is InChI=1S/C11H14O2/c1-4-6-10(3)8-13-9-11(12)7-5-2/h4,6H,1,8-9H2,2-3H3. The molecule has 0 aliphatic carbocycles. The van der Waals surface area contributed by atoms with E-state index in [1.54, 1.807) is 13.0 Å². The zero-order valence-electron chi connectivity index (χ0n) is 8.09. The number of rotatable bonds is 5. The number of Topliss-reactive ketones (excluding diaryl/α,β-unsaturated/α-hetero) is 1. The highest BCUT2D eigenvalue weighted by atomic mass is 16.5. The molecule has 0 bridgehead atoms. The molecule has 0 spiro atoms. The van der Waals surface area contributed by atoms with Gasteiger partial charge in [-0.3, -0.25) is 4.79 Å². The molecular formula is C11H14O2. The normalized spacial score (nSPS) is 10.2. The molecule has 0 atom stereocenters. The van der Waals surface area contributed by atoms with Crippen LogP contribution in [-0.2, 0) is 9.53 Å². The predicted molar refractivity (Wildman–Crippen MR) is 53.2 cm³/mol. The Balaban J connectivity index is 3.66. The van der Waals surface area contributed by atoms with Crippen LogP contribution in [-0.4, -0.2) is 19.0 Å². The summed E-state index contributed by atoms with van der Waals surface area (Å²) in [5.41, 5.74) is 1.03. The Bertz CT molecular complexity index is 264. The largest absolute Gasteiger partial charge is 0.368 e. The second-order valence-corrected chi connectivity index (χ2v) is 2.54. The Hall–Kier alpha value is -1.33. The SMILES string of the molecule is C=CC=C(C)COCC(=O)C#CC. The number of ether oxygens (including phenoxy) is 1. The Morgan fingerprint density at radius 3 is 2.77 bits per heavy atom. The number of allylic oxidation sites excluding steroid dienone is 2. The summed E-state index contributed by atoms with van der Waals surface area (Å²) in [5, 5.41) is 0. The van der Waals surface area contributed by atoms with Crippen LogP contribution in [0, 0.1) is 11.8 Å². The van der Waals surface area contributed by atoms with Crippen LogP contribution in [0.15, 0.2) is 24.3 Å². The van der Waals surface area contributed by atoms with Crippen LogP contribution in [0.25, 0.3) is 0 Å². The first-order valence-corrected chi connectivity index (χ1v) is 4.02. The molecule has 0 fully saturated rings. The van der Waals surface area contributed by atoms with Crippen LogP contribution in [0.4, 0.5) is 0 Å². The van der Waals surface area contributed by atoms with Crippen LogP contribution in [0.3, 0.4) is 0 Å². The lowest BCUT2D eigenvalue weighted by atomic mass is 10.3. The van der Waals surface area contributed by atoms with Crippen LogP contribution < -0.4 is 0 Å². The maximum atomic E-state index is 10.8. The number of hydrogen-bond donors (Lipinski definition) is 0. The number of carbonyl (C=O) groups is 1. The van der Waals surface area contributed by atoms with Crippen LogP contribution in [0.2, 0.25) is 0 Å². The van der Waals surface area contributed by atoms with Gasteiger partial charge in [-0.1, -0.05) is 24.7 Å². The molecule has 0 aliphatic heterocycles. The highest BCUT2D eigenvalue weighted by Crippen LogP contribution is 1.93. The summed E-state index contributed by atoms with van der Waals surface area (Å²) in [6.07, 6.45) is 3.53. The number of ketones is 1. The van der Waals surface area contributed by atoms with E-state index >= 15 is 0 Å². The van der Waals surface area contributed by atoms with E-state index in [0.717, 1.165) is 5.57 Å². The fraction of sp³-hybridized carbons (Fsp3) is 0.364. The quantitative estimate of drug-likeness (QED) is 0.364. The fourth-order valence-corrected chi connectivity index (χ4v) is 0.730. The summed E-state index contributed by atoms with van der Waals surface area (Å²) in [6.45, 7) is 7.60. The van der Waals surface area contributed by atoms with Crippen molar-refractivity contribution in [2.45, 2.75) is 13.8 Å². The summed E-state index contributed by atoms with van der Waals surface area (Å²) in [5.74, 6) is 4.73. The smallest absolute Gasteiger partial charge is 0.231 e. The minimum atomic E-state index is -0.186. The summed E-state index contributed by atoms with van der Waals surface area (Å²) >= 11 is 0. The van der Waals surface area contributed by atoms with Gasteiger partial charge in [-0.15, -0.1) is 0 Å². The number of carbonyl (C=O) groups excluding carboxylic acids is 1. The van der Waals surface area contributed by atoms with Gasteiger partial charge in [0.1, 0.15) is 6.61 Å². The summed E-state index contributed by atoms with van der Waals surface area (Å²) in [4.78, 5) is 10.8. The van der Waals surface area contributed by atoms with Gasteiger partial charge in [0, 0.05) is 0 Å². The average Bonchev–Trinajstić information content (AvgIpc) is 2.05. The monoisotopic (exact) mass is 178 g/mol. The summed E-state index contributed by atoms with van der Waals surface area (Å²) < 4.78 is 5.09. The van der Waals surface area contributed by atoms with Crippen molar-refractivity contribution in [2.24, 2.45) is 0 Å². The zero-order valence-corrected chi connectivity index (χ0v) is 8.09. The van der Waals surface area contributed by atoms with E-state index in [9.17, 15) is 4.79 Å². The fourth-order valence-electron chi connectivity index (χ4n) is 0.730. The first-order valence-electron chi connectivity index (χ1n) is 4.02. The third-order valence-electron chi connectivity index (χ3n) is 1.23. The van der Waals surface area contributed by atoms with E-state index in [2.05, 4.69) is 18.4 Å². The van der Waals surface area contributed by atoms with Crippen molar-refractivity contribution < 1.29 is 9.53 Å². The third-order valence-corrected chi connectivity index (χ3v) is 1.23. The second-order valence-electron chi connectivity index (χ2n) is 2.54. The van der Waals surface area contributed by atoms with Crippen LogP contribution >= 0.6 is 0 Å². The minimum absolute atomic E-state index is 0.0587. The molecule has 0 aromatic rings. The molecular weight excluding hydrogens is 164 g/mol. The van der Waals surface area contributed by atoms with Gasteiger partial charge in [0.15, 0.2) is 0 Å². The first kappa shape index (κ1) is 11.7. The average molecular weight is 178 g/mol. The van der Waals surface area contributed by atoms with E-state index in [1.807, 2.05) is 13.0 Å². The summed E-state index contributed by atoms with van der Waals surface area (Å²) in [6, 6.07) is 0. The van der Waals surface area contributed by atoms with Crippen LogP contribution in [0.1, 0.15) is 13.8 Å². The Morgan fingerprint density at radius 1 is 1.54 bits per heavy atom. The van der Waals surface area contributed by atoms with Gasteiger partial charge in [-0.2, -0.15) is 0 Å². The number of hydrogen-bond acceptors (Lipinski definition) is 2. The van der Waals surface area contributed by atoms with Gasteiger partial charge in [-0.05, 0) is 25.3 Å². The first-order chi connectivity index (χ1) is 6.20. The maximum absolute atomic E-state index is 10.8. The molecule has 2 heteroatoms. The molecule has 0 aromatic carbocycles. The van der Waals surface area contributed by atoms with E-state index < -0.39 is 0 Å². The molecule has 13 heavy (non-hydrogen) atoms. The van der Waals surface area contributed by atoms with Crippen molar-refractivity contribution in [3.05, 3.63) is 24.3 Å². The molecule has 0 saturated carbocycles. The lowest BCUT2D eigenvalue weighted by molar-refractivity contribution is -0.117. The Morgan fingerprint density at radius 2 is 2.23 bits per heavy atom. The van der Waals surface area contributed by atoms with Crippen molar-refractivity contribution in [3.63, 3.8) is 0 Å². The topological polar surface area (TPSA) is 26.3 Å². The van der Waals surface area contributed by atoms with Crippen molar-refractivity contribution in [1.29, 1.82) is 0 Å². The highest BCUT2D eigenvalue weighted by molar-refractivity contribution is 5.96. The van der Waals surface area contributed by atoms with Crippen molar-refractivity contribution in [3.8, 4) is 11.8 Å². The van der Waals surface area contributed by atoms with Gasteiger partial charge in [0.25, 0.3) is 0 Å². The van der Waals surface area contributed by atoms with E-state index in [-0.39, 0.29) is 12.4 Å². The van der Waals surface area contributed by atoms with Crippen molar-refractivity contribution in [2.75, 3.05) is 13.2 Å². The lowest BCUT2D eigenvalue weighted by Gasteiger charge is -1.99. The highest BCUT2D eigenvalue weighted by Gasteiger charge is 1.96. The minimum Gasteiger partial charge on any atom is -0.368 e. The van der Waals surface area contributed by atoms with E-state index in [0.29, 0.717) is 6.61 Å². The molecule has 0 radical (unpaired) electrons. The van der Waals surface area contributed by atoms with Gasteiger partial charge in [-0.25, -0.2) is 0 Å². The van der Waals surface area contributed by atoms with Gasteiger partial charge in [0.05, 0.1) is 6.61 Å². The molecule has 0 amide bonds. The molecule has 0 saturated heterocycles. The van der Waals surface area contributed by atoms with E-state index in [1.165, 1.54) is 0 Å². The molecule has 0 rings (SSSR count). The lowest BCUT2D eigenvalue weighted by Crippen LogP contribution is -2.07. The van der Waals surface area contributed by atoms with Crippen molar-refractivity contribution in [1.82, 2.24) is 0 Å². The zero-order chi connectivity index (χ0) is 10.1. The molecule has 0 heterocycles. The van der Waals surface area contributed by atoms with Gasteiger partial charge < -0.3 is 4.74 Å². The summed E-state index contributed by atoms with van der Waals surface area (Å²) in [7, 11) is 0. The maximum Gasteiger partial charge on any atom is 0.231 e. The van der Waals surface area contributed by atoms with Crippen LogP contribution in [0.5, 0.6) is 0 Å². The molecule has 70 valence electrons. The van der Waals surface area contributed by atoms with Gasteiger partial charge >= 0.3 is 0 Å². The molecule has 0 aromatic heterocycles.